The summed E-state index contributed by atoms with van der Waals surface area (Å²) >= 11 is 0. The number of aliphatic hydroxyl groups is 1. The summed E-state index contributed by atoms with van der Waals surface area (Å²) < 4.78 is 6.34. The molecule has 0 aromatic rings. The molecular formula is C10H22N3O2+. The summed E-state index contributed by atoms with van der Waals surface area (Å²) in [6, 6.07) is 0. The minimum Gasteiger partial charge on any atom is -0.390 e. The van der Waals surface area contributed by atoms with Crippen LogP contribution in [0.5, 0.6) is 0 Å². The second-order valence-electron chi connectivity index (χ2n) is 4.31. The molecule has 0 unspecified atom stereocenters. The van der Waals surface area contributed by atoms with Crippen molar-refractivity contribution in [3.05, 3.63) is 0 Å². The second kappa shape index (κ2) is 5.23. The molecule has 0 spiro atoms. The van der Waals surface area contributed by atoms with Crippen molar-refractivity contribution in [3.63, 3.8) is 0 Å². The maximum atomic E-state index is 9.22. The third-order valence-electron chi connectivity index (χ3n) is 3.51. The summed E-state index contributed by atoms with van der Waals surface area (Å²) in [4.78, 5) is 0. The van der Waals surface area contributed by atoms with Crippen molar-refractivity contribution in [2.75, 3.05) is 65.6 Å². The van der Waals surface area contributed by atoms with Crippen LogP contribution in [0.15, 0.2) is 0 Å². The topological polar surface area (TPSA) is 44.7 Å². The lowest BCUT2D eigenvalue weighted by atomic mass is 10.3. The van der Waals surface area contributed by atoms with Crippen LogP contribution in [-0.4, -0.2) is 80.3 Å². The monoisotopic (exact) mass is 216 g/mol. The van der Waals surface area contributed by atoms with Gasteiger partial charge in [-0.25, -0.2) is 4.59 Å². The van der Waals surface area contributed by atoms with Gasteiger partial charge in [-0.3, -0.25) is 0 Å². The quantitative estimate of drug-likeness (QED) is 0.572. The van der Waals surface area contributed by atoms with Crippen LogP contribution >= 0.6 is 0 Å². The number of morpholine rings is 1. The zero-order chi connectivity index (χ0) is 10.6. The normalized spacial score (nSPS) is 27.8. The lowest BCUT2D eigenvalue weighted by Gasteiger charge is -2.49. The lowest BCUT2D eigenvalue weighted by Crippen LogP contribution is -2.69. The molecule has 2 saturated heterocycles. The standard InChI is InChI=1S/C10H22N3O2/c14-8-7-13(5-1-11-2-6-13)12-3-9-15-10-4-12/h11,14H,1-10H2/q+1. The summed E-state index contributed by atoms with van der Waals surface area (Å²) in [6.07, 6.45) is 0. The third-order valence-corrected chi connectivity index (χ3v) is 3.51. The molecule has 15 heavy (non-hydrogen) atoms. The largest absolute Gasteiger partial charge is 0.390 e. The van der Waals surface area contributed by atoms with Crippen molar-refractivity contribution in [1.29, 1.82) is 0 Å². The number of nitrogens with zero attached hydrogens (tertiary/aromatic N) is 2. The number of hydrogen-bond donors (Lipinski definition) is 2. The molecule has 0 radical (unpaired) electrons. The fraction of sp³-hybridized carbons (Fsp3) is 1.00. The van der Waals surface area contributed by atoms with Gasteiger partial charge in [0.05, 0.1) is 32.9 Å². The first kappa shape index (κ1) is 11.3. The minimum atomic E-state index is 0.275. The highest BCUT2D eigenvalue weighted by Gasteiger charge is 2.37. The molecule has 2 rings (SSSR count). The zero-order valence-electron chi connectivity index (χ0n) is 9.32. The van der Waals surface area contributed by atoms with Crippen LogP contribution in [0.1, 0.15) is 0 Å². The Bertz CT molecular complexity index is 184. The molecule has 2 fully saturated rings. The van der Waals surface area contributed by atoms with Crippen molar-refractivity contribution in [1.82, 2.24) is 10.3 Å². The van der Waals surface area contributed by atoms with Gasteiger partial charge in [-0.15, -0.1) is 0 Å². The summed E-state index contributed by atoms with van der Waals surface area (Å²) in [5.41, 5.74) is 0. The number of rotatable bonds is 3. The Labute approximate surface area is 91.2 Å². The first-order valence-corrected chi connectivity index (χ1v) is 5.88. The van der Waals surface area contributed by atoms with E-state index in [2.05, 4.69) is 10.3 Å². The van der Waals surface area contributed by atoms with Gasteiger partial charge >= 0.3 is 0 Å². The number of piperazine rings is 1. The van der Waals surface area contributed by atoms with Gasteiger partial charge in [-0.05, 0) is 0 Å². The van der Waals surface area contributed by atoms with Crippen molar-refractivity contribution in [3.8, 4) is 0 Å². The zero-order valence-corrected chi connectivity index (χ0v) is 9.32. The number of quaternary nitrogens is 1. The molecule has 88 valence electrons. The van der Waals surface area contributed by atoms with E-state index < -0.39 is 0 Å². The summed E-state index contributed by atoms with van der Waals surface area (Å²) in [7, 11) is 0. The Kier molecular flexibility index (Phi) is 3.93. The Hall–Kier alpha value is -0.200. The average Bonchev–Trinajstić information content (AvgIpc) is 2.32. The van der Waals surface area contributed by atoms with E-state index in [1.54, 1.807) is 0 Å². The van der Waals surface area contributed by atoms with Gasteiger partial charge in [0.15, 0.2) is 0 Å². The van der Waals surface area contributed by atoms with E-state index in [0.717, 1.165) is 63.6 Å². The Balaban J connectivity index is 2.01. The number of aliphatic hydroxyl groups excluding tert-OH is 1. The van der Waals surface area contributed by atoms with Crippen LogP contribution in [-0.2, 0) is 4.74 Å². The van der Waals surface area contributed by atoms with Crippen LogP contribution in [0.4, 0.5) is 0 Å². The molecule has 0 bridgehead atoms. The fourth-order valence-electron chi connectivity index (χ4n) is 2.62. The molecule has 0 saturated carbocycles. The first-order chi connectivity index (χ1) is 7.37. The molecule has 2 heterocycles. The van der Waals surface area contributed by atoms with Gasteiger partial charge < -0.3 is 15.2 Å². The maximum Gasteiger partial charge on any atom is 0.120 e. The predicted octanol–water partition coefficient (Wildman–Crippen LogP) is -1.35. The molecule has 0 atom stereocenters. The van der Waals surface area contributed by atoms with Crippen molar-refractivity contribution in [2.45, 2.75) is 0 Å². The van der Waals surface area contributed by atoms with Crippen molar-refractivity contribution >= 4 is 0 Å². The van der Waals surface area contributed by atoms with E-state index in [9.17, 15) is 5.11 Å². The van der Waals surface area contributed by atoms with Crippen LogP contribution in [0.25, 0.3) is 0 Å². The van der Waals surface area contributed by atoms with Crippen molar-refractivity contribution in [2.24, 2.45) is 0 Å². The maximum absolute atomic E-state index is 9.22. The highest BCUT2D eigenvalue weighted by atomic mass is 16.5. The first-order valence-electron chi connectivity index (χ1n) is 5.88. The summed E-state index contributed by atoms with van der Waals surface area (Å²) in [6.45, 7) is 9.09. The van der Waals surface area contributed by atoms with Crippen LogP contribution in [0.2, 0.25) is 0 Å². The highest BCUT2D eigenvalue weighted by Crippen LogP contribution is 2.16. The molecule has 2 aliphatic rings. The van der Waals surface area contributed by atoms with Gasteiger partial charge in [0.1, 0.15) is 19.6 Å². The van der Waals surface area contributed by atoms with Gasteiger partial charge in [-0.1, -0.05) is 0 Å². The van der Waals surface area contributed by atoms with Gasteiger partial charge in [0.2, 0.25) is 0 Å². The molecule has 5 heteroatoms. The summed E-state index contributed by atoms with van der Waals surface area (Å²) in [5, 5.41) is 15.1. The van der Waals surface area contributed by atoms with E-state index in [-0.39, 0.29) is 6.61 Å². The van der Waals surface area contributed by atoms with Crippen LogP contribution in [0.3, 0.4) is 0 Å². The van der Waals surface area contributed by atoms with Gasteiger partial charge in [-0.2, -0.15) is 5.01 Å². The van der Waals surface area contributed by atoms with E-state index >= 15 is 0 Å². The molecule has 0 aromatic carbocycles. The molecule has 2 N–H and O–H groups in total. The number of ether oxygens (including phenoxy) is 1. The average molecular weight is 216 g/mol. The highest BCUT2D eigenvalue weighted by molar-refractivity contribution is 4.60. The SMILES string of the molecule is OCC[N+]1(N2CCOCC2)CCNCC1. The van der Waals surface area contributed by atoms with E-state index in [1.165, 1.54) is 0 Å². The molecule has 0 aromatic heterocycles. The minimum absolute atomic E-state index is 0.275. The van der Waals surface area contributed by atoms with Crippen LogP contribution in [0, 0.1) is 0 Å². The molecule has 0 amide bonds. The van der Waals surface area contributed by atoms with E-state index in [0.29, 0.717) is 0 Å². The second-order valence-corrected chi connectivity index (χ2v) is 4.31. The summed E-state index contributed by atoms with van der Waals surface area (Å²) in [5.74, 6) is 0. The smallest absolute Gasteiger partial charge is 0.120 e. The third kappa shape index (κ3) is 2.49. The van der Waals surface area contributed by atoms with E-state index in [1.807, 2.05) is 0 Å². The molecule has 5 nitrogen and oxygen atoms in total. The molecule has 0 aliphatic carbocycles. The molecule has 2 aliphatic heterocycles. The van der Waals surface area contributed by atoms with Crippen LogP contribution < -0.4 is 5.32 Å². The Morgan fingerprint density at radius 2 is 1.87 bits per heavy atom. The van der Waals surface area contributed by atoms with Gasteiger partial charge in [0.25, 0.3) is 0 Å². The lowest BCUT2D eigenvalue weighted by molar-refractivity contribution is -1.04. The fourth-order valence-corrected chi connectivity index (χ4v) is 2.62. The Morgan fingerprint density at radius 1 is 1.20 bits per heavy atom. The number of nitrogens with one attached hydrogen (secondary N) is 1. The van der Waals surface area contributed by atoms with Crippen molar-refractivity contribution < 1.29 is 14.4 Å². The predicted molar refractivity (Wildman–Crippen MR) is 57.2 cm³/mol. The number of hydrogen-bond acceptors (Lipinski definition) is 4. The van der Waals surface area contributed by atoms with Gasteiger partial charge in [0, 0.05) is 13.1 Å². The Morgan fingerprint density at radius 3 is 2.47 bits per heavy atom. The molecular weight excluding hydrogens is 194 g/mol. The van der Waals surface area contributed by atoms with E-state index in [4.69, 9.17) is 4.74 Å².